The molecule has 0 radical (unpaired) electrons. The van der Waals surface area contributed by atoms with Gasteiger partial charge in [0.15, 0.2) is 11.5 Å². The quantitative estimate of drug-likeness (QED) is 0.820. The smallest absolute Gasteiger partial charge is 0.161 e. The lowest BCUT2D eigenvalue weighted by Crippen LogP contribution is -2.24. The zero-order valence-corrected chi connectivity index (χ0v) is 12.0. The number of ether oxygens (including phenoxy) is 2. The van der Waals surface area contributed by atoms with Gasteiger partial charge in [-0.1, -0.05) is 15.9 Å². The number of benzene rings is 1. The summed E-state index contributed by atoms with van der Waals surface area (Å²) in [6.07, 6.45) is 4.57. The van der Waals surface area contributed by atoms with Crippen LogP contribution in [-0.4, -0.2) is 19.8 Å². The van der Waals surface area contributed by atoms with Crippen LogP contribution in [0.1, 0.15) is 24.8 Å². The van der Waals surface area contributed by atoms with Crippen LogP contribution in [0.4, 0.5) is 0 Å². The van der Waals surface area contributed by atoms with E-state index in [0.29, 0.717) is 12.7 Å². The molecule has 2 N–H and O–H groups in total. The summed E-state index contributed by atoms with van der Waals surface area (Å²) in [4.78, 5) is 4.62. The Labute approximate surface area is 115 Å². The molecule has 0 amide bonds. The van der Waals surface area contributed by atoms with Crippen molar-refractivity contribution in [2.75, 3.05) is 13.7 Å². The average Bonchev–Trinajstić information content (AvgIpc) is 2.33. The Morgan fingerprint density at radius 1 is 1.33 bits per heavy atom. The SMILES string of the molecule is COc1cc(Br)c(CCON)cc1OC1CCC1. The van der Waals surface area contributed by atoms with Crippen molar-refractivity contribution in [3.63, 3.8) is 0 Å². The number of rotatable bonds is 6. The van der Waals surface area contributed by atoms with Crippen molar-refractivity contribution in [2.45, 2.75) is 31.8 Å². The van der Waals surface area contributed by atoms with Gasteiger partial charge in [-0.2, -0.15) is 0 Å². The summed E-state index contributed by atoms with van der Waals surface area (Å²) < 4.78 is 12.3. The average molecular weight is 316 g/mol. The molecule has 0 heterocycles. The molecular weight excluding hydrogens is 298 g/mol. The number of nitrogens with two attached hydrogens (primary N) is 1. The van der Waals surface area contributed by atoms with Crippen LogP contribution in [0.25, 0.3) is 0 Å². The number of hydrogen-bond donors (Lipinski definition) is 1. The van der Waals surface area contributed by atoms with Crippen LogP contribution in [0, 0.1) is 0 Å². The van der Waals surface area contributed by atoms with Crippen LogP contribution in [0.5, 0.6) is 11.5 Å². The predicted molar refractivity (Wildman–Crippen MR) is 72.8 cm³/mol. The lowest BCUT2D eigenvalue weighted by atomic mass is 9.96. The highest BCUT2D eigenvalue weighted by Gasteiger charge is 2.21. The molecule has 1 aliphatic rings. The van der Waals surface area contributed by atoms with E-state index >= 15 is 0 Å². The van der Waals surface area contributed by atoms with Crippen LogP contribution in [0.15, 0.2) is 16.6 Å². The van der Waals surface area contributed by atoms with Gasteiger partial charge in [0.25, 0.3) is 0 Å². The highest BCUT2D eigenvalue weighted by atomic mass is 79.9. The van der Waals surface area contributed by atoms with Gasteiger partial charge in [0.2, 0.25) is 0 Å². The second-order valence-electron chi connectivity index (χ2n) is 4.39. The highest BCUT2D eigenvalue weighted by molar-refractivity contribution is 9.10. The maximum absolute atomic E-state index is 5.93. The van der Waals surface area contributed by atoms with E-state index in [4.69, 9.17) is 15.4 Å². The molecule has 0 aromatic heterocycles. The molecule has 1 fully saturated rings. The van der Waals surface area contributed by atoms with E-state index in [1.807, 2.05) is 12.1 Å². The topological polar surface area (TPSA) is 53.7 Å². The standard InChI is InChI=1S/C13H18BrNO3/c1-16-12-8-11(14)9(5-6-17-15)7-13(12)18-10-3-2-4-10/h7-8,10H,2-6,15H2,1H3. The van der Waals surface area contributed by atoms with Crippen molar-refractivity contribution in [2.24, 2.45) is 5.90 Å². The molecule has 4 nitrogen and oxygen atoms in total. The first-order valence-electron chi connectivity index (χ1n) is 6.09. The zero-order chi connectivity index (χ0) is 13.0. The summed E-state index contributed by atoms with van der Waals surface area (Å²) in [5.41, 5.74) is 1.11. The fraction of sp³-hybridized carbons (Fsp3) is 0.538. The molecule has 0 unspecified atom stereocenters. The summed E-state index contributed by atoms with van der Waals surface area (Å²) in [5, 5.41) is 0. The Balaban J connectivity index is 2.17. The van der Waals surface area contributed by atoms with Crippen molar-refractivity contribution in [1.82, 2.24) is 0 Å². The highest BCUT2D eigenvalue weighted by Crippen LogP contribution is 2.36. The summed E-state index contributed by atoms with van der Waals surface area (Å²) in [6, 6.07) is 3.93. The first-order chi connectivity index (χ1) is 8.74. The lowest BCUT2D eigenvalue weighted by Gasteiger charge is -2.27. The van der Waals surface area contributed by atoms with Crippen LogP contribution >= 0.6 is 15.9 Å². The maximum atomic E-state index is 5.93. The largest absolute Gasteiger partial charge is 0.493 e. The van der Waals surface area contributed by atoms with E-state index in [-0.39, 0.29) is 0 Å². The molecular formula is C13H18BrNO3. The van der Waals surface area contributed by atoms with E-state index < -0.39 is 0 Å². The molecule has 1 aromatic rings. The second-order valence-corrected chi connectivity index (χ2v) is 5.24. The molecule has 0 bridgehead atoms. The van der Waals surface area contributed by atoms with E-state index in [0.717, 1.165) is 40.8 Å². The zero-order valence-electron chi connectivity index (χ0n) is 10.4. The van der Waals surface area contributed by atoms with Gasteiger partial charge in [-0.25, -0.2) is 5.90 Å². The van der Waals surface area contributed by atoms with Crippen LogP contribution in [-0.2, 0) is 11.3 Å². The third-order valence-electron chi connectivity index (χ3n) is 3.17. The Morgan fingerprint density at radius 2 is 2.11 bits per heavy atom. The third kappa shape index (κ3) is 3.16. The molecule has 1 aliphatic carbocycles. The van der Waals surface area contributed by atoms with Gasteiger partial charge in [-0.15, -0.1) is 0 Å². The maximum Gasteiger partial charge on any atom is 0.161 e. The molecule has 5 heteroatoms. The van der Waals surface area contributed by atoms with Gasteiger partial charge in [0.1, 0.15) is 0 Å². The minimum atomic E-state index is 0.332. The Hall–Kier alpha value is -0.780. The Kier molecular flexibility index (Phi) is 4.86. The number of methoxy groups -OCH3 is 1. The van der Waals surface area contributed by atoms with Crippen molar-refractivity contribution in [3.8, 4) is 11.5 Å². The normalized spacial score (nSPS) is 15.3. The van der Waals surface area contributed by atoms with Crippen molar-refractivity contribution >= 4 is 15.9 Å². The van der Waals surface area contributed by atoms with Crippen molar-refractivity contribution < 1.29 is 14.3 Å². The first-order valence-corrected chi connectivity index (χ1v) is 6.88. The molecule has 0 atom stereocenters. The molecule has 0 aliphatic heterocycles. The van der Waals surface area contributed by atoms with Gasteiger partial charge >= 0.3 is 0 Å². The Bertz CT molecular complexity index is 407. The number of halogens is 1. The molecule has 2 rings (SSSR count). The summed E-state index contributed by atoms with van der Waals surface area (Å²) >= 11 is 3.52. The van der Waals surface area contributed by atoms with E-state index in [2.05, 4.69) is 20.8 Å². The monoisotopic (exact) mass is 315 g/mol. The fourth-order valence-corrected chi connectivity index (χ4v) is 2.38. The van der Waals surface area contributed by atoms with E-state index in [1.54, 1.807) is 7.11 Å². The van der Waals surface area contributed by atoms with E-state index in [9.17, 15) is 0 Å². The van der Waals surface area contributed by atoms with Gasteiger partial charge in [-0.05, 0) is 43.4 Å². The van der Waals surface area contributed by atoms with Crippen molar-refractivity contribution in [1.29, 1.82) is 0 Å². The lowest BCUT2D eigenvalue weighted by molar-refractivity contribution is 0.115. The van der Waals surface area contributed by atoms with E-state index in [1.165, 1.54) is 6.42 Å². The number of hydrogen-bond acceptors (Lipinski definition) is 4. The van der Waals surface area contributed by atoms with Gasteiger partial charge < -0.3 is 14.3 Å². The predicted octanol–water partition coefficient (Wildman–Crippen LogP) is 2.82. The molecule has 0 saturated heterocycles. The summed E-state index contributed by atoms with van der Waals surface area (Å²) in [5.74, 6) is 6.62. The minimum Gasteiger partial charge on any atom is -0.493 e. The summed E-state index contributed by atoms with van der Waals surface area (Å²) in [6.45, 7) is 0.480. The summed E-state index contributed by atoms with van der Waals surface area (Å²) in [7, 11) is 1.65. The van der Waals surface area contributed by atoms with Crippen LogP contribution in [0.2, 0.25) is 0 Å². The first kappa shape index (κ1) is 13.6. The van der Waals surface area contributed by atoms with Crippen LogP contribution < -0.4 is 15.4 Å². The molecule has 1 saturated carbocycles. The molecule has 18 heavy (non-hydrogen) atoms. The van der Waals surface area contributed by atoms with Gasteiger partial charge in [0.05, 0.1) is 19.8 Å². The minimum absolute atomic E-state index is 0.332. The third-order valence-corrected chi connectivity index (χ3v) is 3.91. The molecule has 100 valence electrons. The Morgan fingerprint density at radius 3 is 2.67 bits per heavy atom. The second kappa shape index (κ2) is 6.41. The molecule has 0 spiro atoms. The fourth-order valence-electron chi connectivity index (χ4n) is 1.86. The van der Waals surface area contributed by atoms with Crippen molar-refractivity contribution in [3.05, 3.63) is 22.2 Å². The van der Waals surface area contributed by atoms with Crippen LogP contribution in [0.3, 0.4) is 0 Å². The molecule has 1 aromatic carbocycles. The van der Waals surface area contributed by atoms with Gasteiger partial charge in [0, 0.05) is 4.47 Å². The van der Waals surface area contributed by atoms with Gasteiger partial charge in [-0.3, -0.25) is 0 Å².